The standard InChI is InChI=1S/C8H7N7/c1-6-8(11-3-9-1)14-7(13-6)2-15-5-10-4-12-15/h1,3-5H,2H2,(H,9,11,13,14). The van der Waals surface area contributed by atoms with Gasteiger partial charge in [0.1, 0.15) is 36.9 Å². The third-order valence-electron chi connectivity index (χ3n) is 1.99. The van der Waals surface area contributed by atoms with Gasteiger partial charge in [-0.1, -0.05) is 0 Å². The summed E-state index contributed by atoms with van der Waals surface area (Å²) in [7, 11) is 0. The van der Waals surface area contributed by atoms with Gasteiger partial charge < -0.3 is 4.98 Å². The second-order valence-electron chi connectivity index (χ2n) is 3.04. The average molecular weight is 201 g/mol. The van der Waals surface area contributed by atoms with Crippen LogP contribution in [0.15, 0.2) is 25.2 Å². The Morgan fingerprint density at radius 3 is 3.07 bits per heavy atom. The predicted molar refractivity (Wildman–Crippen MR) is 50.8 cm³/mol. The SMILES string of the molecule is c1ncc2[nH]c(Cn3cncn3)nc2n1. The summed E-state index contributed by atoms with van der Waals surface area (Å²) in [6, 6.07) is 0. The summed E-state index contributed by atoms with van der Waals surface area (Å²) in [5.74, 6) is 0.788. The van der Waals surface area contributed by atoms with Gasteiger partial charge in [-0.15, -0.1) is 0 Å². The van der Waals surface area contributed by atoms with Crippen LogP contribution < -0.4 is 0 Å². The zero-order valence-corrected chi connectivity index (χ0v) is 7.70. The molecule has 3 aromatic heterocycles. The van der Waals surface area contributed by atoms with Crippen molar-refractivity contribution in [3.8, 4) is 0 Å². The molecular weight excluding hydrogens is 194 g/mol. The van der Waals surface area contributed by atoms with E-state index in [0.29, 0.717) is 12.2 Å². The summed E-state index contributed by atoms with van der Waals surface area (Å²) in [6.45, 7) is 0.552. The normalized spacial score (nSPS) is 10.9. The van der Waals surface area contributed by atoms with Gasteiger partial charge in [0, 0.05) is 0 Å². The molecule has 3 rings (SSSR count). The molecule has 0 bridgehead atoms. The van der Waals surface area contributed by atoms with Crippen LogP contribution in [0.1, 0.15) is 5.82 Å². The van der Waals surface area contributed by atoms with Gasteiger partial charge in [-0.05, 0) is 0 Å². The van der Waals surface area contributed by atoms with Crippen LogP contribution in [0.4, 0.5) is 0 Å². The lowest BCUT2D eigenvalue weighted by atomic mass is 10.6. The van der Waals surface area contributed by atoms with E-state index < -0.39 is 0 Å². The highest BCUT2D eigenvalue weighted by Crippen LogP contribution is 2.06. The van der Waals surface area contributed by atoms with Gasteiger partial charge >= 0.3 is 0 Å². The maximum absolute atomic E-state index is 4.29. The summed E-state index contributed by atoms with van der Waals surface area (Å²) in [6.07, 6.45) is 6.30. The average Bonchev–Trinajstić information content (AvgIpc) is 2.86. The topological polar surface area (TPSA) is 85.2 Å². The molecule has 0 aliphatic rings. The largest absolute Gasteiger partial charge is 0.338 e. The molecule has 0 aliphatic heterocycles. The fourth-order valence-corrected chi connectivity index (χ4v) is 1.35. The molecule has 0 atom stereocenters. The molecule has 0 aliphatic carbocycles. The van der Waals surface area contributed by atoms with Gasteiger partial charge in [0.2, 0.25) is 0 Å². The van der Waals surface area contributed by atoms with Crippen molar-refractivity contribution >= 4 is 11.2 Å². The number of hydrogen-bond donors (Lipinski definition) is 1. The zero-order valence-electron chi connectivity index (χ0n) is 7.70. The Morgan fingerprint density at radius 1 is 1.27 bits per heavy atom. The quantitative estimate of drug-likeness (QED) is 0.630. The predicted octanol–water partition coefficient (Wildman–Crippen LogP) is -0.00730. The van der Waals surface area contributed by atoms with Crippen LogP contribution in [-0.2, 0) is 6.54 Å². The molecule has 0 saturated heterocycles. The van der Waals surface area contributed by atoms with E-state index in [9.17, 15) is 0 Å². The summed E-state index contributed by atoms with van der Waals surface area (Å²) in [5.41, 5.74) is 1.49. The Balaban J connectivity index is 1.98. The van der Waals surface area contributed by atoms with E-state index in [0.717, 1.165) is 11.3 Å². The number of H-pyrrole nitrogens is 1. The Labute approximate surface area is 84.2 Å². The van der Waals surface area contributed by atoms with Crippen molar-refractivity contribution in [3.63, 3.8) is 0 Å². The Hall–Kier alpha value is -2.31. The molecule has 0 saturated carbocycles. The molecule has 0 unspecified atom stereocenters. The number of aromatic nitrogens is 7. The maximum atomic E-state index is 4.29. The van der Waals surface area contributed by atoms with Crippen LogP contribution in [-0.4, -0.2) is 34.7 Å². The van der Waals surface area contributed by atoms with Crippen LogP contribution in [0, 0.1) is 0 Å². The van der Waals surface area contributed by atoms with Crippen molar-refractivity contribution in [1.82, 2.24) is 34.7 Å². The number of nitrogens with zero attached hydrogens (tertiary/aromatic N) is 6. The molecule has 15 heavy (non-hydrogen) atoms. The number of nitrogens with one attached hydrogen (secondary N) is 1. The summed E-state index contributed by atoms with van der Waals surface area (Å²) < 4.78 is 1.69. The minimum atomic E-state index is 0.552. The molecule has 74 valence electrons. The van der Waals surface area contributed by atoms with Gasteiger partial charge in [0.05, 0.1) is 6.20 Å². The van der Waals surface area contributed by atoms with Gasteiger partial charge in [0.25, 0.3) is 0 Å². The second-order valence-corrected chi connectivity index (χ2v) is 3.04. The van der Waals surface area contributed by atoms with E-state index in [1.54, 1.807) is 17.2 Å². The Bertz CT molecular complexity index is 534. The molecule has 3 heterocycles. The molecule has 3 aromatic rings. The first-order chi connectivity index (χ1) is 7.42. The molecule has 0 amide bonds. The lowest BCUT2D eigenvalue weighted by Crippen LogP contribution is -2.01. The van der Waals surface area contributed by atoms with E-state index in [2.05, 4.69) is 30.0 Å². The van der Waals surface area contributed by atoms with Gasteiger partial charge in [-0.2, -0.15) is 5.10 Å². The molecule has 0 spiro atoms. The number of imidazole rings is 1. The first kappa shape index (κ1) is 8.04. The molecule has 0 fully saturated rings. The fourth-order valence-electron chi connectivity index (χ4n) is 1.35. The van der Waals surface area contributed by atoms with E-state index in [1.165, 1.54) is 12.7 Å². The van der Waals surface area contributed by atoms with E-state index in [1.807, 2.05) is 0 Å². The smallest absolute Gasteiger partial charge is 0.180 e. The van der Waals surface area contributed by atoms with Crippen molar-refractivity contribution in [2.75, 3.05) is 0 Å². The number of aromatic amines is 1. The van der Waals surface area contributed by atoms with Gasteiger partial charge in [-0.25, -0.2) is 24.6 Å². The second kappa shape index (κ2) is 3.12. The minimum Gasteiger partial charge on any atom is -0.338 e. The van der Waals surface area contributed by atoms with E-state index >= 15 is 0 Å². The summed E-state index contributed by atoms with van der Waals surface area (Å²) in [4.78, 5) is 19.2. The van der Waals surface area contributed by atoms with Crippen molar-refractivity contribution < 1.29 is 0 Å². The highest BCUT2D eigenvalue weighted by molar-refractivity contribution is 5.68. The van der Waals surface area contributed by atoms with Crippen molar-refractivity contribution in [3.05, 3.63) is 31.0 Å². The van der Waals surface area contributed by atoms with Crippen LogP contribution in [0.3, 0.4) is 0 Å². The lowest BCUT2D eigenvalue weighted by Gasteiger charge is -1.93. The summed E-state index contributed by atoms with van der Waals surface area (Å²) >= 11 is 0. The minimum absolute atomic E-state index is 0.552. The Morgan fingerprint density at radius 2 is 2.27 bits per heavy atom. The van der Waals surface area contributed by atoms with E-state index in [4.69, 9.17) is 0 Å². The summed E-state index contributed by atoms with van der Waals surface area (Å²) in [5, 5.41) is 3.99. The maximum Gasteiger partial charge on any atom is 0.180 e. The molecule has 7 nitrogen and oxygen atoms in total. The van der Waals surface area contributed by atoms with Crippen molar-refractivity contribution in [1.29, 1.82) is 0 Å². The molecule has 1 N–H and O–H groups in total. The third kappa shape index (κ3) is 1.43. The highest BCUT2D eigenvalue weighted by atomic mass is 15.3. The molecule has 0 aromatic carbocycles. The van der Waals surface area contributed by atoms with E-state index in [-0.39, 0.29) is 0 Å². The molecular formula is C8H7N7. The zero-order chi connectivity index (χ0) is 10.1. The number of fused-ring (bicyclic) bond motifs is 1. The van der Waals surface area contributed by atoms with Gasteiger partial charge in [-0.3, -0.25) is 0 Å². The fraction of sp³-hybridized carbons (Fsp3) is 0.125. The van der Waals surface area contributed by atoms with Crippen molar-refractivity contribution in [2.24, 2.45) is 0 Å². The first-order valence-corrected chi connectivity index (χ1v) is 4.39. The number of hydrogen-bond acceptors (Lipinski definition) is 5. The van der Waals surface area contributed by atoms with Crippen LogP contribution in [0.25, 0.3) is 11.2 Å². The first-order valence-electron chi connectivity index (χ1n) is 4.39. The van der Waals surface area contributed by atoms with Crippen LogP contribution >= 0.6 is 0 Å². The lowest BCUT2D eigenvalue weighted by molar-refractivity contribution is 0.661. The highest BCUT2D eigenvalue weighted by Gasteiger charge is 2.03. The monoisotopic (exact) mass is 201 g/mol. The van der Waals surface area contributed by atoms with Crippen LogP contribution in [0.5, 0.6) is 0 Å². The van der Waals surface area contributed by atoms with Crippen molar-refractivity contribution in [2.45, 2.75) is 6.54 Å². The van der Waals surface area contributed by atoms with Crippen LogP contribution in [0.2, 0.25) is 0 Å². The third-order valence-corrected chi connectivity index (χ3v) is 1.99. The molecule has 0 radical (unpaired) electrons. The van der Waals surface area contributed by atoms with Gasteiger partial charge in [0.15, 0.2) is 5.65 Å². The Kier molecular flexibility index (Phi) is 1.67. The molecule has 7 heteroatoms. The number of rotatable bonds is 2.